The predicted molar refractivity (Wildman–Crippen MR) is 104 cm³/mol. The number of halogens is 1. The SMILES string of the molecule is CCc1nc(NC2O[C@H](CO)[C@H](O)[C@H](O)[C@H]2O)nc(N)c1-c1ccc(Cl)cc1. The van der Waals surface area contributed by atoms with Crippen molar-refractivity contribution in [1.82, 2.24) is 9.97 Å². The van der Waals surface area contributed by atoms with Gasteiger partial charge in [0.1, 0.15) is 30.2 Å². The molecule has 3 rings (SSSR count). The van der Waals surface area contributed by atoms with Crippen LogP contribution in [-0.2, 0) is 11.2 Å². The second-order valence-corrected chi connectivity index (χ2v) is 6.94. The first-order valence-corrected chi connectivity index (χ1v) is 9.22. The molecule has 9 nitrogen and oxygen atoms in total. The second-order valence-electron chi connectivity index (χ2n) is 6.51. The lowest BCUT2D eigenvalue weighted by Crippen LogP contribution is -2.60. The summed E-state index contributed by atoms with van der Waals surface area (Å²) in [6.45, 7) is 1.39. The predicted octanol–water partition coefficient (Wildman–Crippen LogP) is 0.153. The maximum absolute atomic E-state index is 10.2. The molecule has 0 bridgehead atoms. The zero-order valence-electron chi connectivity index (χ0n) is 15.2. The molecule has 7 N–H and O–H groups in total. The molecule has 0 spiro atoms. The summed E-state index contributed by atoms with van der Waals surface area (Å²) in [7, 11) is 0. The Morgan fingerprint density at radius 2 is 1.79 bits per heavy atom. The van der Waals surface area contributed by atoms with Gasteiger partial charge in [0.05, 0.1) is 12.3 Å². The fourth-order valence-electron chi connectivity index (χ4n) is 3.13. The van der Waals surface area contributed by atoms with E-state index in [1.165, 1.54) is 0 Å². The molecule has 28 heavy (non-hydrogen) atoms. The van der Waals surface area contributed by atoms with E-state index in [-0.39, 0.29) is 11.8 Å². The molecule has 0 aliphatic carbocycles. The molecule has 152 valence electrons. The van der Waals surface area contributed by atoms with Gasteiger partial charge in [0, 0.05) is 10.6 Å². The Labute approximate surface area is 166 Å². The highest BCUT2D eigenvalue weighted by Crippen LogP contribution is 2.31. The van der Waals surface area contributed by atoms with Crippen molar-refractivity contribution < 1.29 is 25.2 Å². The standard InChI is InChI=1S/C18H23ClN4O5/c1-2-10-12(8-3-5-9(19)6-4-8)16(20)22-18(21-10)23-17-15(27)14(26)13(25)11(7-24)28-17/h3-6,11,13-15,17,24-27H,2,7H2,1H3,(H3,20,21,22,23)/t11-,13+,14+,15-,17?/m1/s1. The molecule has 2 aromatic rings. The Bertz CT molecular complexity index is 820. The summed E-state index contributed by atoms with van der Waals surface area (Å²) in [6.07, 6.45) is -6.01. The number of benzene rings is 1. The topological polar surface area (TPSA) is 154 Å². The molecule has 1 aliphatic rings. The Balaban J connectivity index is 1.89. The van der Waals surface area contributed by atoms with Gasteiger partial charge in [-0.25, -0.2) is 4.98 Å². The fraction of sp³-hybridized carbons (Fsp3) is 0.444. The molecule has 5 atom stereocenters. The average Bonchev–Trinajstić information content (AvgIpc) is 2.69. The van der Waals surface area contributed by atoms with Crippen LogP contribution in [0.15, 0.2) is 24.3 Å². The third-order valence-electron chi connectivity index (χ3n) is 4.64. The Morgan fingerprint density at radius 1 is 1.11 bits per heavy atom. The van der Waals surface area contributed by atoms with Crippen molar-refractivity contribution in [2.24, 2.45) is 0 Å². The Hall–Kier alpha value is -2.01. The van der Waals surface area contributed by atoms with Crippen molar-refractivity contribution in [2.75, 3.05) is 17.7 Å². The van der Waals surface area contributed by atoms with Gasteiger partial charge in [-0.3, -0.25) is 0 Å². The molecule has 1 aliphatic heterocycles. The lowest BCUT2D eigenvalue weighted by molar-refractivity contribution is -0.221. The molecule has 2 heterocycles. The maximum atomic E-state index is 10.2. The lowest BCUT2D eigenvalue weighted by Gasteiger charge is -2.40. The largest absolute Gasteiger partial charge is 0.394 e. The summed E-state index contributed by atoms with van der Waals surface area (Å²) >= 11 is 5.94. The third kappa shape index (κ3) is 4.04. The van der Waals surface area contributed by atoms with Gasteiger partial charge in [0.15, 0.2) is 6.23 Å². The van der Waals surface area contributed by atoms with Crippen molar-refractivity contribution >= 4 is 23.4 Å². The van der Waals surface area contributed by atoms with E-state index >= 15 is 0 Å². The van der Waals surface area contributed by atoms with E-state index in [2.05, 4.69) is 15.3 Å². The van der Waals surface area contributed by atoms with Crippen LogP contribution in [0.3, 0.4) is 0 Å². The maximum Gasteiger partial charge on any atom is 0.226 e. The van der Waals surface area contributed by atoms with Crippen molar-refractivity contribution in [2.45, 2.75) is 44.0 Å². The number of hydrogen-bond donors (Lipinski definition) is 6. The van der Waals surface area contributed by atoms with Gasteiger partial charge in [-0.15, -0.1) is 0 Å². The number of nitrogens with two attached hydrogens (primary N) is 1. The number of aliphatic hydroxyl groups is 4. The van der Waals surface area contributed by atoms with Crippen LogP contribution in [0.1, 0.15) is 12.6 Å². The van der Waals surface area contributed by atoms with Gasteiger partial charge in [0.2, 0.25) is 5.95 Å². The van der Waals surface area contributed by atoms with Gasteiger partial charge >= 0.3 is 0 Å². The van der Waals surface area contributed by atoms with Crippen LogP contribution in [0, 0.1) is 0 Å². The number of nitrogens with one attached hydrogen (secondary N) is 1. The number of hydrogen-bond acceptors (Lipinski definition) is 9. The van der Waals surface area contributed by atoms with Crippen molar-refractivity contribution in [1.29, 1.82) is 0 Å². The number of rotatable bonds is 5. The molecule has 1 aromatic carbocycles. The Morgan fingerprint density at radius 3 is 2.39 bits per heavy atom. The normalized spacial score (nSPS) is 27.6. The van der Waals surface area contributed by atoms with Crippen molar-refractivity contribution in [3.8, 4) is 11.1 Å². The molecular weight excluding hydrogens is 388 g/mol. The highest BCUT2D eigenvalue weighted by atomic mass is 35.5. The van der Waals surface area contributed by atoms with Crippen LogP contribution in [0.4, 0.5) is 11.8 Å². The molecule has 1 unspecified atom stereocenters. The van der Waals surface area contributed by atoms with E-state index < -0.39 is 37.3 Å². The smallest absolute Gasteiger partial charge is 0.226 e. The van der Waals surface area contributed by atoms with Crippen LogP contribution in [0.25, 0.3) is 11.1 Å². The van der Waals surface area contributed by atoms with E-state index in [1.807, 2.05) is 19.1 Å². The third-order valence-corrected chi connectivity index (χ3v) is 4.90. The van der Waals surface area contributed by atoms with Crippen LogP contribution >= 0.6 is 11.6 Å². The number of ether oxygens (including phenoxy) is 1. The minimum absolute atomic E-state index is 0.0939. The molecule has 1 aromatic heterocycles. The van der Waals surface area contributed by atoms with E-state index in [0.29, 0.717) is 22.7 Å². The zero-order valence-corrected chi connectivity index (χ0v) is 15.9. The summed E-state index contributed by atoms with van der Waals surface area (Å²) in [5, 5.41) is 42.6. The van der Waals surface area contributed by atoms with Crippen LogP contribution in [0.2, 0.25) is 5.02 Å². The first-order chi connectivity index (χ1) is 13.3. The molecule has 1 fully saturated rings. The Kier molecular flexibility index (Phi) is 6.33. The van der Waals surface area contributed by atoms with Crippen molar-refractivity contribution in [3.63, 3.8) is 0 Å². The van der Waals surface area contributed by atoms with Gasteiger partial charge in [-0.2, -0.15) is 4.98 Å². The highest BCUT2D eigenvalue weighted by molar-refractivity contribution is 6.30. The monoisotopic (exact) mass is 410 g/mol. The first kappa shape index (κ1) is 20.7. The zero-order chi connectivity index (χ0) is 20.4. The van der Waals surface area contributed by atoms with E-state index in [9.17, 15) is 20.4 Å². The molecule has 1 saturated heterocycles. The molecule has 10 heteroatoms. The number of aliphatic hydroxyl groups excluding tert-OH is 4. The first-order valence-electron chi connectivity index (χ1n) is 8.85. The average molecular weight is 411 g/mol. The number of aryl methyl sites for hydroxylation is 1. The minimum atomic E-state index is -1.50. The summed E-state index contributed by atoms with van der Waals surface area (Å²) in [5.74, 6) is 0.317. The second kappa shape index (κ2) is 8.56. The molecule has 0 saturated carbocycles. The number of nitrogen functional groups attached to an aromatic ring is 1. The van der Waals surface area contributed by atoms with Gasteiger partial charge in [0.25, 0.3) is 0 Å². The molecule has 0 radical (unpaired) electrons. The summed E-state index contributed by atoms with van der Waals surface area (Å²) in [6, 6.07) is 7.13. The van der Waals surface area contributed by atoms with Gasteiger partial charge < -0.3 is 36.2 Å². The summed E-state index contributed by atoms with van der Waals surface area (Å²) in [4.78, 5) is 8.67. The fourth-order valence-corrected chi connectivity index (χ4v) is 3.25. The van der Waals surface area contributed by atoms with E-state index in [1.54, 1.807) is 12.1 Å². The summed E-state index contributed by atoms with van der Waals surface area (Å²) in [5.41, 5.74) is 8.32. The summed E-state index contributed by atoms with van der Waals surface area (Å²) < 4.78 is 5.42. The minimum Gasteiger partial charge on any atom is -0.394 e. The van der Waals surface area contributed by atoms with Crippen LogP contribution in [-0.4, -0.2) is 67.6 Å². The van der Waals surface area contributed by atoms with Gasteiger partial charge in [-0.05, 0) is 24.1 Å². The number of aromatic nitrogens is 2. The van der Waals surface area contributed by atoms with Crippen LogP contribution < -0.4 is 11.1 Å². The van der Waals surface area contributed by atoms with E-state index in [4.69, 9.17) is 22.1 Å². The van der Waals surface area contributed by atoms with Crippen LogP contribution in [0.5, 0.6) is 0 Å². The number of nitrogens with zero attached hydrogens (tertiary/aromatic N) is 2. The molecular formula is C18H23ClN4O5. The van der Waals surface area contributed by atoms with Crippen molar-refractivity contribution in [3.05, 3.63) is 35.0 Å². The highest BCUT2D eigenvalue weighted by Gasteiger charge is 2.43. The van der Waals surface area contributed by atoms with Gasteiger partial charge in [-0.1, -0.05) is 30.7 Å². The number of anilines is 2. The molecule has 0 amide bonds. The van der Waals surface area contributed by atoms with E-state index in [0.717, 1.165) is 5.56 Å². The lowest BCUT2D eigenvalue weighted by atomic mass is 9.98. The quantitative estimate of drug-likeness (QED) is 0.404.